The van der Waals surface area contributed by atoms with E-state index in [9.17, 15) is 5.11 Å². The molecule has 15 heavy (non-hydrogen) atoms. The van der Waals surface area contributed by atoms with Crippen LogP contribution in [0.4, 0.5) is 0 Å². The maximum atomic E-state index is 10.3. The second kappa shape index (κ2) is 5.73. The van der Waals surface area contributed by atoms with Gasteiger partial charge in [0.05, 0.1) is 20.1 Å². The van der Waals surface area contributed by atoms with Gasteiger partial charge >= 0.3 is 0 Å². The fraction of sp³-hybridized carbons (Fsp3) is 0.500. The van der Waals surface area contributed by atoms with Gasteiger partial charge in [0.2, 0.25) is 0 Å². The molecule has 2 rings (SSSR count). The van der Waals surface area contributed by atoms with Crippen LogP contribution in [0.1, 0.15) is 6.92 Å². The molecule has 1 aromatic rings. The quantitative estimate of drug-likeness (QED) is 0.626. The largest absolute Gasteiger partial charge is 0.872 e. The lowest BCUT2D eigenvalue weighted by atomic mass is 10.3. The van der Waals surface area contributed by atoms with Gasteiger partial charge in [-0.25, -0.2) is 0 Å². The number of likely N-dealkylation sites (N-methyl/N-ethyl adjacent to an activating group) is 2. The van der Waals surface area contributed by atoms with Crippen LogP contribution in [0.5, 0.6) is 5.75 Å². The SMILES string of the molecule is CC1N(C)CC[NH+]1C.[O-]c1ccccc1. The highest BCUT2D eigenvalue weighted by molar-refractivity contribution is 5.17. The molecule has 1 fully saturated rings. The molecule has 3 nitrogen and oxygen atoms in total. The molecule has 3 heteroatoms. The number of quaternary nitrogens is 1. The monoisotopic (exact) mass is 208 g/mol. The third-order valence-electron chi connectivity index (χ3n) is 2.98. The van der Waals surface area contributed by atoms with Crippen molar-refractivity contribution in [1.82, 2.24) is 4.90 Å². The number of rotatable bonds is 0. The maximum absolute atomic E-state index is 10.3. The summed E-state index contributed by atoms with van der Waals surface area (Å²) in [6.45, 7) is 4.83. The zero-order valence-electron chi connectivity index (χ0n) is 9.73. The molecule has 0 saturated carbocycles. The van der Waals surface area contributed by atoms with Crippen LogP contribution in [0.3, 0.4) is 0 Å². The molecule has 84 valence electrons. The first-order chi connectivity index (χ1) is 7.11. The Bertz CT molecular complexity index is 266. The van der Waals surface area contributed by atoms with E-state index in [0.717, 1.165) is 6.17 Å². The zero-order valence-corrected chi connectivity index (χ0v) is 9.73. The fourth-order valence-corrected chi connectivity index (χ4v) is 1.55. The van der Waals surface area contributed by atoms with Crippen molar-refractivity contribution in [2.45, 2.75) is 13.1 Å². The normalized spacial score (nSPS) is 25.8. The molecule has 1 N–H and O–H groups in total. The van der Waals surface area contributed by atoms with E-state index in [1.54, 1.807) is 17.0 Å². The zero-order chi connectivity index (χ0) is 11.3. The number of hydrogen-bond acceptors (Lipinski definition) is 2. The molecule has 1 aromatic carbocycles. The first-order valence-corrected chi connectivity index (χ1v) is 5.36. The third-order valence-corrected chi connectivity index (χ3v) is 2.98. The fourth-order valence-electron chi connectivity index (χ4n) is 1.55. The molecule has 0 spiro atoms. The Balaban J connectivity index is 0.000000151. The van der Waals surface area contributed by atoms with Gasteiger partial charge in [-0.1, -0.05) is 30.3 Å². The van der Waals surface area contributed by atoms with Crippen LogP contribution in [0.25, 0.3) is 0 Å². The Morgan fingerprint density at radius 3 is 2.13 bits per heavy atom. The van der Waals surface area contributed by atoms with Gasteiger partial charge in [0.25, 0.3) is 0 Å². The van der Waals surface area contributed by atoms with Crippen LogP contribution in [0, 0.1) is 0 Å². The van der Waals surface area contributed by atoms with Crippen molar-refractivity contribution < 1.29 is 10.0 Å². The summed E-state index contributed by atoms with van der Waals surface area (Å²) in [6.07, 6.45) is 0.731. The van der Waals surface area contributed by atoms with Crippen molar-refractivity contribution in [3.8, 4) is 5.75 Å². The molecule has 0 radical (unpaired) electrons. The van der Waals surface area contributed by atoms with Crippen molar-refractivity contribution in [1.29, 1.82) is 0 Å². The van der Waals surface area contributed by atoms with E-state index in [4.69, 9.17) is 0 Å². The molecule has 1 aliphatic heterocycles. The molecule has 2 unspecified atom stereocenters. The average molecular weight is 208 g/mol. The van der Waals surface area contributed by atoms with Crippen LogP contribution < -0.4 is 10.0 Å². The Morgan fingerprint density at radius 1 is 1.33 bits per heavy atom. The van der Waals surface area contributed by atoms with Gasteiger partial charge in [0, 0.05) is 6.92 Å². The van der Waals surface area contributed by atoms with Gasteiger partial charge in [0.15, 0.2) is 0 Å². The molecular formula is C12H20N2O. The highest BCUT2D eigenvalue weighted by Crippen LogP contribution is 1.98. The van der Waals surface area contributed by atoms with Gasteiger partial charge in [-0.2, -0.15) is 0 Å². The average Bonchev–Trinajstić information content (AvgIpc) is 2.52. The van der Waals surface area contributed by atoms with E-state index in [1.807, 2.05) is 6.07 Å². The van der Waals surface area contributed by atoms with Crippen LogP contribution in [0.15, 0.2) is 30.3 Å². The molecule has 1 aliphatic rings. The summed E-state index contributed by atoms with van der Waals surface area (Å²) in [5, 5.41) is 10.3. The minimum atomic E-state index is 0.0718. The summed E-state index contributed by atoms with van der Waals surface area (Å²) in [4.78, 5) is 4.02. The van der Waals surface area contributed by atoms with Crippen LogP contribution in [-0.4, -0.2) is 38.3 Å². The Hall–Kier alpha value is -1.06. The molecule has 0 bridgehead atoms. The first-order valence-electron chi connectivity index (χ1n) is 5.36. The number of nitrogens with zero attached hydrogens (tertiary/aromatic N) is 1. The number of para-hydroxylation sites is 1. The number of nitrogens with one attached hydrogen (secondary N) is 1. The van der Waals surface area contributed by atoms with Crippen LogP contribution in [0.2, 0.25) is 0 Å². The first kappa shape index (κ1) is 12.0. The minimum absolute atomic E-state index is 0.0718. The molecule has 0 amide bonds. The van der Waals surface area contributed by atoms with Crippen molar-refractivity contribution in [2.75, 3.05) is 27.2 Å². The van der Waals surface area contributed by atoms with E-state index in [-0.39, 0.29) is 5.75 Å². The summed E-state index contributed by atoms with van der Waals surface area (Å²) in [5.41, 5.74) is 0. The van der Waals surface area contributed by atoms with Crippen LogP contribution in [-0.2, 0) is 0 Å². The lowest BCUT2D eigenvalue weighted by Crippen LogP contribution is -3.11. The van der Waals surface area contributed by atoms with Gasteiger partial charge in [-0.15, -0.1) is 5.75 Å². The molecular weight excluding hydrogens is 188 g/mol. The van der Waals surface area contributed by atoms with E-state index < -0.39 is 0 Å². The van der Waals surface area contributed by atoms with E-state index >= 15 is 0 Å². The summed E-state index contributed by atoms with van der Waals surface area (Å²) in [6, 6.07) is 8.33. The molecule has 1 heterocycles. The van der Waals surface area contributed by atoms with Gasteiger partial charge < -0.3 is 10.0 Å². The Labute approximate surface area is 91.9 Å². The maximum Gasteiger partial charge on any atom is 0.140 e. The van der Waals surface area contributed by atoms with Gasteiger partial charge in [-0.05, 0) is 7.05 Å². The standard InChI is InChI=1S/C6H14N2.C6H6O/c1-6-7(2)4-5-8(6)3;7-6-4-2-1-3-5-6/h6H,4-5H2,1-3H3;1-5,7H. The lowest BCUT2D eigenvalue weighted by molar-refractivity contribution is -0.895. The molecule has 0 aliphatic carbocycles. The summed E-state index contributed by atoms with van der Waals surface area (Å²) in [5.74, 6) is 0.0718. The minimum Gasteiger partial charge on any atom is -0.872 e. The van der Waals surface area contributed by atoms with Crippen molar-refractivity contribution in [2.24, 2.45) is 0 Å². The highest BCUT2D eigenvalue weighted by Gasteiger charge is 2.24. The highest BCUT2D eigenvalue weighted by atomic mass is 16.3. The van der Waals surface area contributed by atoms with E-state index in [2.05, 4.69) is 25.9 Å². The van der Waals surface area contributed by atoms with E-state index in [0.29, 0.717) is 0 Å². The predicted molar refractivity (Wildman–Crippen MR) is 59.7 cm³/mol. The van der Waals surface area contributed by atoms with Crippen molar-refractivity contribution in [3.05, 3.63) is 30.3 Å². The Kier molecular flexibility index (Phi) is 4.59. The van der Waals surface area contributed by atoms with E-state index in [1.165, 1.54) is 25.2 Å². The van der Waals surface area contributed by atoms with Gasteiger partial charge in [-0.3, -0.25) is 4.90 Å². The second-order valence-corrected chi connectivity index (χ2v) is 4.07. The predicted octanol–water partition coefficient (Wildman–Crippen LogP) is -0.447. The summed E-state index contributed by atoms with van der Waals surface area (Å²) in [7, 11) is 4.43. The third kappa shape index (κ3) is 3.90. The molecule has 2 atom stereocenters. The molecule has 0 aromatic heterocycles. The smallest absolute Gasteiger partial charge is 0.140 e. The Morgan fingerprint density at radius 2 is 1.93 bits per heavy atom. The van der Waals surface area contributed by atoms with Gasteiger partial charge in [0.1, 0.15) is 6.17 Å². The lowest BCUT2D eigenvalue weighted by Gasteiger charge is -2.15. The van der Waals surface area contributed by atoms with Crippen LogP contribution >= 0.6 is 0 Å². The topological polar surface area (TPSA) is 30.7 Å². The van der Waals surface area contributed by atoms with Crippen molar-refractivity contribution >= 4 is 0 Å². The summed E-state index contributed by atoms with van der Waals surface area (Å²) < 4.78 is 0. The molecule has 1 saturated heterocycles. The van der Waals surface area contributed by atoms with Crippen molar-refractivity contribution in [3.63, 3.8) is 0 Å². The number of benzene rings is 1. The second-order valence-electron chi connectivity index (χ2n) is 4.07. The number of hydrogen-bond donors (Lipinski definition) is 1. The summed E-state index contributed by atoms with van der Waals surface area (Å²) >= 11 is 0.